The number of carbonyl (C=O) groups excluding carboxylic acids is 1. The molecule has 7 heteroatoms. The summed E-state index contributed by atoms with van der Waals surface area (Å²) < 4.78 is 13.9. The predicted molar refractivity (Wildman–Crippen MR) is 145 cm³/mol. The number of aromatic nitrogens is 1. The molecule has 0 amide bonds. The summed E-state index contributed by atoms with van der Waals surface area (Å²) in [5.74, 6) is 2.15. The first-order valence-electron chi connectivity index (χ1n) is 14.4. The van der Waals surface area contributed by atoms with Crippen molar-refractivity contribution in [1.82, 2.24) is 4.98 Å². The molecule has 208 valence electrons. The smallest absolute Gasteiger partial charge is 0.231 e. The maximum absolute atomic E-state index is 12.2. The second-order valence-corrected chi connectivity index (χ2v) is 11.5. The van der Waals surface area contributed by atoms with Gasteiger partial charge < -0.3 is 28.6 Å². The van der Waals surface area contributed by atoms with E-state index < -0.39 is 12.1 Å². The predicted octanol–water partition coefficient (Wildman–Crippen LogP) is 4.18. The molecule has 4 aliphatic rings. The van der Waals surface area contributed by atoms with E-state index in [9.17, 15) is 5.11 Å². The van der Waals surface area contributed by atoms with Crippen LogP contribution in [0.3, 0.4) is 0 Å². The van der Waals surface area contributed by atoms with E-state index in [1.54, 1.807) is 0 Å². The number of carbonyl (C=O) groups is 1. The van der Waals surface area contributed by atoms with Crippen molar-refractivity contribution in [2.24, 2.45) is 11.8 Å². The van der Waals surface area contributed by atoms with Crippen molar-refractivity contribution in [3.8, 4) is 0 Å². The van der Waals surface area contributed by atoms with Gasteiger partial charge in [-0.25, -0.2) is 4.98 Å². The lowest BCUT2D eigenvalue weighted by molar-refractivity contribution is -0.959. The second kappa shape index (κ2) is 12.5. The number of aliphatic hydroxyl groups is 1. The summed E-state index contributed by atoms with van der Waals surface area (Å²) in [5.41, 5.74) is 0.963. The van der Waals surface area contributed by atoms with Gasteiger partial charge in [-0.2, -0.15) is 0 Å². The first kappa shape index (κ1) is 27.6. The van der Waals surface area contributed by atoms with Crippen LogP contribution < -0.4 is 5.11 Å². The van der Waals surface area contributed by atoms with Crippen molar-refractivity contribution in [2.45, 2.75) is 69.8 Å². The highest BCUT2D eigenvalue weighted by Gasteiger charge is 2.48. The molecule has 7 nitrogen and oxygen atoms in total. The third kappa shape index (κ3) is 6.11. The van der Waals surface area contributed by atoms with Gasteiger partial charge in [0.2, 0.25) is 5.89 Å². The molecule has 3 saturated heterocycles. The van der Waals surface area contributed by atoms with Crippen LogP contribution in [0.25, 0.3) is 0 Å². The average Bonchev–Trinajstić information content (AvgIpc) is 3.46. The minimum atomic E-state index is -1.17. The summed E-state index contributed by atoms with van der Waals surface area (Å²) >= 11 is 0. The molecule has 3 aromatic rings. The topological polar surface area (TPSA) is 95.6 Å². The van der Waals surface area contributed by atoms with Crippen molar-refractivity contribution >= 4 is 6.47 Å². The molecule has 2 aromatic carbocycles. The molecule has 39 heavy (non-hydrogen) atoms. The number of quaternary nitrogens is 1. The van der Waals surface area contributed by atoms with Crippen LogP contribution in [-0.2, 0) is 28.3 Å². The summed E-state index contributed by atoms with van der Waals surface area (Å²) in [6.45, 7) is 4.36. The number of hydrogen-bond donors (Lipinski definition) is 1. The van der Waals surface area contributed by atoms with Gasteiger partial charge in [-0.3, -0.25) is 0 Å². The van der Waals surface area contributed by atoms with Gasteiger partial charge in [0.25, 0.3) is 0 Å². The van der Waals surface area contributed by atoms with Gasteiger partial charge in [-0.05, 0) is 24.0 Å². The van der Waals surface area contributed by atoms with Gasteiger partial charge in [0.05, 0.1) is 25.9 Å². The standard InChI is InChI=1S/C31H39N2O3.CH2O2/c34-31(26-12-6-2-7-13-26,27-14-8-3-9-15-27)30-32-20-28(36-30)21-33-18-16-25(17-19-33)29(22-33)35-23-24-10-4-1-5-11-24;2-1-3/h1-2,4-7,10-13,20,25,27,29,34H,3,8-9,14-19,21-23H2;1H,(H,2,3)/q+1;/p-1/t25?,29?,31-,33?;/m0./s1. The minimum absolute atomic E-state index is 0.133. The van der Waals surface area contributed by atoms with Crippen molar-refractivity contribution in [2.75, 3.05) is 19.6 Å². The largest absolute Gasteiger partial charge is 0.554 e. The Hall–Kier alpha value is -3.00. The number of benzene rings is 2. The molecule has 1 N–H and O–H groups in total. The number of nitrogens with zero attached hydrogens (tertiary/aromatic N) is 2. The number of oxazole rings is 1. The first-order valence-corrected chi connectivity index (χ1v) is 14.4. The Morgan fingerprint density at radius 1 is 1.00 bits per heavy atom. The summed E-state index contributed by atoms with van der Waals surface area (Å²) in [5, 5.41) is 20.4. The van der Waals surface area contributed by atoms with E-state index >= 15 is 0 Å². The molecule has 4 heterocycles. The third-order valence-corrected chi connectivity index (χ3v) is 9.13. The lowest BCUT2D eigenvalue weighted by atomic mass is 9.73. The van der Waals surface area contributed by atoms with E-state index in [1.807, 2.05) is 36.5 Å². The minimum Gasteiger partial charge on any atom is -0.554 e. The van der Waals surface area contributed by atoms with Gasteiger partial charge >= 0.3 is 0 Å². The fraction of sp³-hybridized carbons (Fsp3) is 0.500. The maximum atomic E-state index is 12.2. The molecule has 1 unspecified atom stereocenters. The molecule has 2 bridgehead atoms. The molecule has 1 aliphatic carbocycles. The average molecular weight is 533 g/mol. The Balaban J connectivity index is 0.000000983. The third-order valence-electron chi connectivity index (χ3n) is 9.13. The number of fused-ring (bicyclic) bond motifs is 3. The van der Waals surface area contributed by atoms with E-state index in [2.05, 4.69) is 30.3 Å². The van der Waals surface area contributed by atoms with Gasteiger partial charge in [0.15, 0.2) is 11.4 Å². The van der Waals surface area contributed by atoms with Crippen LogP contribution in [0.1, 0.15) is 67.7 Å². The maximum Gasteiger partial charge on any atom is 0.231 e. The summed E-state index contributed by atoms with van der Waals surface area (Å²) in [4.78, 5) is 13.0. The highest BCUT2D eigenvalue weighted by Crippen LogP contribution is 2.44. The zero-order chi connectivity index (χ0) is 27.1. The van der Waals surface area contributed by atoms with Crippen LogP contribution in [0.5, 0.6) is 0 Å². The lowest BCUT2D eigenvalue weighted by Crippen LogP contribution is -2.63. The van der Waals surface area contributed by atoms with Crippen LogP contribution in [-0.4, -0.2) is 46.8 Å². The Bertz CT molecular complexity index is 1170. The van der Waals surface area contributed by atoms with E-state index in [0.717, 1.165) is 67.7 Å². The van der Waals surface area contributed by atoms with Gasteiger partial charge in [0, 0.05) is 31.1 Å². The summed E-state index contributed by atoms with van der Waals surface area (Å²) in [6, 6.07) is 20.5. The number of rotatable bonds is 8. The monoisotopic (exact) mass is 532 g/mol. The fourth-order valence-electron chi connectivity index (χ4n) is 7.04. The number of ether oxygens (including phenoxy) is 1. The van der Waals surface area contributed by atoms with Gasteiger partial charge in [0.1, 0.15) is 19.2 Å². The van der Waals surface area contributed by atoms with Crippen LogP contribution >= 0.6 is 0 Å². The quantitative estimate of drug-likeness (QED) is 0.345. The number of piperidine rings is 3. The molecule has 1 saturated carbocycles. The number of hydrogen-bond acceptors (Lipinski definition) is 6. The zero-order valence-electron chi connectivity index (χ0n) is 22.6. The summed E-state index contributed by atoms with van der Waals surface area (Å²) in [6.07, 6.45) is 10.1. The van der Waals surface area contributed by atoms with Crippen molar-refractivity contribution in [1.29, 1.82) is 0 Å². The molecule has 3 aliphatic heterocycles. The van der Waals surface area contributed by atoms with E-state index in [4.69, 9.17) is 24.0 Å². The zero-order valence-corrected chi connectivity index (χ0v) is 22.6. The van der Waals surface area contributed by atoms with Crippen molar-refractivity contribution in [3.05, 3.63) is 89.6 Å². The highest BCUT2D eigenvalue weighted by atomic mass is 16.5. The summed E-state index contributed by atoms with van der Waals surface area (Å²) in [7, 11) is 0. The van der Waals surface area contributed by atoms with Crippen LogP contribution in [0.15, 0.2) is 71.3 Å². The SMILES string of the molecule is O=C[O-].O[C@](c1ccccc1)(c1ncc(C[N+]23CCC(CC2)C(OCc2ccccc2)C3)o1)C1CCCCC1. The lowest BCUT2D eigenvalue weighted by Gasteiger charge is -2.52. The Kier molecular flexibility index (Phi) is 8.80. The molecule has 0 spiro atoms. The molecule has 0 radical (unpaired) electrons. The normalized spacial score (nSPS) is 26.3. The van der Waals surface area contributed by atoms with Gasteiger partial charge in [-0.1, -0.05) is 79.9 Å². The molecule has 7 rings (SSSR count). The first-order chi connectivity index (χ1) is 19.1. The Labute approximate surface area is 231 Å². The van der Waals surface area contributed by atoms with Crippen LogP contribution in [0.2, 0.25) is 0 Å². The molecular weight excluding hydrogens is 492 g/mol. The highest BCUT2D eigenvalue weighted by molar-refractivity contribution is 5.30. The molecule has 2 atom stereocenters. The van der Waals surface area contributed by atoms with E-state index in [0.29, 0.717) is 24.5 Å². The Morgan fingerprint density at radius 3 is 2.31 bits per heavy atom. The van der Waals surface area contributed by atoms with Crippen molar-refractivity contribution < 1.29 is 28.6 Å². The molecular formula is C32H40N2O5. The van der Waals surface area contributed by atoms with Crippen LogP contribution in [0, 0.1) is 11.8 Å². The van der Waals surface area contributed by atoms with E-state index in [-0.39, 0.29) is 5.92 Å². The molecule has 4 fully saturated rings. The second-order valence-electron chi connectivity index (χ2n) is 11.5. The van der Waals surface area contributed by atoms with Crippen LogP contribution in [0.4, 0.5) is 0 Å². The van der Waals surface area contributed by atoms with E-state index in [1.165, 1.54) is 24.8 Å². The van der Waals surface area contributed by atoms with Gasteiger partial charge in [-0.15, -0.1) is 0 Å². The number of carboxylic acid groups (broad SMARTS) is 1. The van der Waals surface area contributed by atoms with Crippen molar-refractivity contribution in [3.63, 3.8) is 0 Å². The molecule has 1 aromatic heterocycles. The fourth-order valence-corrected chi connectivity index (χ4v) is 7.04. The Morgan fingerprint density at radius 2 is 1.64 bits per heavy atom.